The summed E-state index contributed by atoms with van der Waals surface area (Å²) in [5.74, 6) is 0.104. The number of halogens is 1. The van der Waals surface area contributed by atoms with E-state index >= 15 is 0 Å². The van der Waals surface area contributed by atoms with Crippen LogP contribution in [0.5, 0.6) is 0 Å². The molecule has 6 heteroatoms. The molecule has 1 aromatic heterocycles. The normalized spacial score (nSPS) is 17.6. The number of hydrogen-bond acceptors (Lipinski definition) is 3. The summed E-state index contributed by atoms with van der Waals surface area (Å²) < 4.78 is 14.9. The molecule has 1 aromatic carbocycles. The average molecular weight is 328 g/mol. The molecule has 0 spiro atoms. The minimum Gasteiger partial charge on any atom is -0.349 e. The Balaban J connectivity index is 1.58. The van der Waals surface area contributed by atoms with Crippen LogP contribution in [0.1, 0.15) is 41.0 Å². The van der Waals surface area contributed by atoms with Crippen molar-refractivity contribution in [2.24, 2.45) is 11.7 Å². The van der Waals surface area contributed by atoms with Crippen LogP contribution in [0.4, 0.5) is 4.39 Å². The largest absolute Gasteiger partial charge is 0.349 e. The third-order valence-electron chi connectivity index (χ3n) is 4.94. The molecule has 1 unspecified atom stereocenters. The quantitative estimate of drug-likeness (QED) is 0.881. The molecule has 1 atom stereocenters. The van der Waals surface area contributed by atoms with Crippen LogP contribution in [0.15, 0.2) is 24.3 Å². The lowest BCUT2D eigenvalue weighted by atomic mass is 10.1. The van der Waals surface area contributed by atoms with Crippen molar-refractivity contribution in [3.05, 3.63) is 47.0 Å². The second kappa shape index (κ2) is 6.02. The summed E-state index contributed by atoms with van der Waals surface area (Å²) in [7, 11) is 0. The molecule has 2 aromatic rings. The lowest BCUT2D eigenvalue weighted by Gasteiger charge is -2.11. The van der Waals surface area contributed by atoms with Gasteiger partial charge in [0.2, 0.25) is 0 Å². The van der Waals surface area contributed by atoms with Crippen LogP contribution in [0.3, 0.4) is 0 Å². The highest BCUT2D eigenvalue weighted by Gasteiger charge is 2.30. The van der Waals surface area contributed by atoms with E-state index in [4.69, 9.17) is 5.73 Å². The van der Waals surface area contributed by atoms with Gasteiger partial charge in [0, 0.05) is 23.8 Å². The Labute approximate surface area is 140 Å². The van der Waals surface area contributed by atoms with Crippen molar-refractivity contribution in [3.63, 3.8) is 0 Å². The van der Waals surface area contributed by atoms with E-state index in [-0.39, 0.29) is 17.8 Å². The number of carbonyl (C=O) groups excluding carboxylic acids is 1. The molecule has 2 aliphatic carbocycles. The molecule has 0 radical (unpaired) electrons. The van der Waals surface area contributed by atoms with E-state index in [0.29, 0.717) is 18.2 Å². The molecule has 1 saturated carbocycles. The number of nitrogens with one attached hydrogen (secondary N) is 1. The number of hydrogen-bond donors (Lipinski definition) is 2. The summed E-state index contributed by atoms with van der Waals surface area (Å²) in [4.78, 5) is 12.5. The zero-order valence-corrected chi connectivity index (χ0v) is 13.5. The standard InChI is InChI=1S/C18H21FN4O/c19-12-6-8-13(9-7-12)23-16-3-1-2-14(16)17(22-23)18(24)21-10-15(20)11-4-5-11/h6-9,11,15H,1-5,10,20H2,(H,21,24). The van der Waals surface area contributed by atoms with Gasteiger partial charge in [-0.25, -0.2) is 9.07 Å². The Kier molecular flexibility index (Phi) is 3.84. The second-order valence-corrected chi connectivity index (χ2v) is 6.73. The van der Waals surface area contributed by atoms with Crippen LogP contribution in [-0.4, -0.2) is 28.3 Å². The molecule has 24 heavy (non-hydrogen) atoms. The molecule has 1 heterocycles. The van der Waals surface area contributed by atoms with Gasteiger partial charge in [0.05, 0.1) is 5.69 Å². The summed E-state index contributed by atoms with van der Waals surface area (Å²) in [6.07, 6.45) is 5.07. The van der Waals surface area contributed by atoms with Crippen LogP contribution in [-0.2, 0) is 12.8 Å². The summed E-state index contributed by atoms with van der Waals surface area (Å²) >= 11 is 0. The zero-order valence-electron chi connectivity index (χ0n) is 13.5. The van der Waals surface area contributed by atoms with Crippen LogP contribution >= 0.6 is 0 Å². The van der Waals surface area contributed by atoms with Crippen LogP contribution in [0.25, 0.3) is 5.69 Å². The van der Waals surface area contributed by atoms with Gasteiger partial charge in [-0.05, 0) is 62.3 Å². The summed E-state index contributed by atoms with van der Waals surface area (Å²) in [6, 6.07) is 6.22. The molecular formula is C18H21FN4O. The van der Waals surface area contributed by atoms with E-state index in [0.717, 1.165) is 49.0 Å². The maximum Gasteiger partial charge on any atom is 0.272 e. The Morgan fingerprint density at radius 1 is 1.33 bits per heavy atom. The minimum absolute atomic E-state index is 0.0289. The molecule has 1 fully saturated rings. The number of aromatic nitrogens is 2. The maximum absolute atomic E-state index is 13.2. The molecule has 5 nitrogen and oxygen atoms in total. The predicted octanol–water partition coefficient (Wildman–Crippen LogP) is 1.97. The van der Waals surface area contributed by atoms with Crippen LogP contribution < -0.4 is 11.1 Å². The number of amides is 1. The van der Waals surface area contributed by atoms with E-state index in [2.05, 4.69) is 10.4 Å². The molecule has 1 amide bonds. The fourth-order valence-corrected chi connectivity index (χ4v) is 3.40. The summed E-state index contributed by atoms with van der Waals surface area (Å²) in [5.41, 5.74) is 9.38. The fourth-order valence-electron chi connectivity index (χ4n) is 3.40. The summed E-state index contributed by atoms with van der Waals surface area (Å²) in [6.45, 7) is 0.488. The van der Waals surface area contributed by atoms with Gasteiger partial charge in [0.25, 0.3) is 5.91 Å². The smallest absolute Gasteiger partial charge is 0.272 e. The lowest BCUT2D eigenvalue weighted by molar-refractivity contribution is 0.0944. The highest BCUT2D eigenvalue weighted by atomic mass is 19.1. The van der Waals surface area contributed by atoms with Gasteiger partial charge in [-0.15, -0.1) is 0 Å². The number of rotatable bonds is 5. The van der Waals surface area contributed by atoms with Crippen molar-refractivity contribution in [2.75, 3.05) is 6.54 Å². The van der Waals surface area contributed by atoms with E-state index in [1.807, 2.05) is 0 Å². The number of fused-ring (bicyclic) bond motifs is 1. The number of benzene rings is 1. The predicted molar refractivity (Wildman–Crippen MR) is 88.6 cm³/mol. The number of carbonyl (C=O) groups is 1. The Bertz CT molecular complexity index is 764. The van der Waals surface area contributed by atoms with Gasteiger partial charge >= 0.3 is 0 Å². The van der Waals surface area contributed by atoms with Crippen molar-refractivity contribution in [1.82, 2.24) is 15.1 Å². The first-order valence-electron chi connectivity index (χ1n) is 8.54. The van der Waals surface area contributed by atoms with Crippen molar-refractivity contribution >= 4 is 5.91 Å². The summed E-state index contributed by atoms with van der Waals surface area (Å²) in [5, 5.41) is 7.44. The van der Waals surface area contributed by atoms with Gasteiger partial charge in [0.15, 0.2) is 5.69 Å². The Morgan fingerprint density at radius 2 is 2.08 bits per heavy atom. The Morgan fingerprint density at radius 3 is 2.79 bits per heavy atom. The third-order valence-corrected chi connectivity index (χ3v) is 4.94. The van der Waals surface area contributed by atoms with Crippen molar-refractivity contribution in [3.8, 4) is 5.69 Å². The van der Waals surface area contributed by atoms with Crippen LogP contribution in [0, 0.1) is 11.7 Å². The lowest BCUT2D eigenvalue weighted by Crippen LogP contribution is -2.39. The maximum atomic E-state index is 13.2. The third kappa shape index (κ3) is 2.82. The van der Waals surface area contributed by atoms with Gasteiger partial charge < -0.3 is 11.1 Å². The highest BCUT2D eigenvalue weighted by Crippen LogP contribution is 2.31. The van der Waals surface area contributed by atoms with Gasteiger partial charge in [-0.1, -0.05) is 0 Å². The molecular weight excluding hydrogens is 307 g/mol. The monoisotopic (exact) mass is 328 g/mol. The zero-order chi connectivity index (χ0) is 16.7. The highest BCUT2D eigenvalue weighted by molar-refractivity contribution is 5.94. The number of nitrogens with zero attached hydrogens (tertiary/aromatic N) is 2. The SMILES string of the molecule is NC(CNC(=O)c1nn(-c2ccc(F)cc2)c2c1CCC2)C1CC1. The van der Waals surface area contributed by atoms with Gasteiger partial charge in [-0.3, -0.25) is 4.79 Å². The topological polar surface area (TPSA) is 72.9 Å². The van der Waals surface area contributed by atoms with Crippen LogP contribution in [0.2, 0.25) is 0 Å². The van der Waals surface area contributed by atoms with Gasteiger partial charge in [-0.2, -0.15) is 5.10 Å². The van der Waals surface area contributed by atoms with Crippen molar-refractivity contribution in [2.45, 2.75) is 38.1 Å². The molecule has 3 N–H and O–H groups in total. The molecule has 0 aliphatic heterocycles. The van der Waals surface area contributed by atoms with Crippen molar-refractivity contribution < 1.29 is 9.18 Å². The average Bonchev–Trinajstić information content (AvgIpc) is 3.22. The molecule has 0 saturated heterocycles. The fraction of sp³-hybridized carbons (Fsp3) is 0.444. The van der Waals surface area contributed by atoms with E-state index in [1.165, 1.54) is 12.1 Å². The molecule has 126 valence electrons. The number of nitrogens with two attached hydrogens (primary N) is 1. The van der Waals surface area contributed by atoms with Gasteiger partial charge in [0.1, 0.15) is 5.82 Å². The Hall–Kier alpha value is -2.21. The first-order chi connectivity index (χ1) is 11.6. The van der Waals surface area contributed by atoms with E-state index in [1.54, 1.807) is 16.8 Å². The first kappa shape index (κ1) is 15.3. The second-order valence-electron chi connectivity index (χ2n) is 6.73. The molecule has 4 rings (SSSR count). The molecule has 0 bridgehead atoms. The van der Waals surface area contributed by atoms with Crippen molar-refractivity contribution in [1.29, 1.82) is 0 Å². The minimum atomic E-state index is -0.283. The van der Waals surface area contributed by atoms with E-state index < -0.39 is 0 Å². The van der Waals surface area contributed by atoms with E-state index in [9.17, 15) is 9.18 Å². The first-order valence-corrected chi connectivity index (χ1v) is 8.54. The molecule has 2 aliphatic rings.